The second-order valence-corrected chi connectivity index (χ2v) is 6.07. The number of carbonyl (C=O) groups is 1. The Kier molecular flexibility index (Phi) is 4.21. The minimum Gasteiger partial charge on any atom is -0.497 e. The van der Waals surface area contributed by atoms with E-state index < -0.39 is 0 Å². The van der Waals surface area contributed by atoms with Gasteiger partial charge in [-0.2, -0.15) is 0 Å². The first-order valence-corrected chi connectivity index (χ1v) is 8.35. The summed E-state index contributed by atoms with van der Waals surface area (Å²) in [6.07, 6.45) is 4.89. The molecule has 2 aromatic heterocycles. The Hall–Kier alpha value is -2.19. The third kappa shape index (κ3) is 3.02. The van der Waals surface area contributed by atoms with Crippen molar-refractivity contribution in [2.75, 3.05) is 18.7 Å². The Morgan fingerprint density at radius 2 is 2.09 bits per heavy atom. The summed E-state index contributed by atoms with van der Waals surface area (Å²) in [7, 11) is 1.61. The predicted molar refractivity (Wildman–Crippen MR) is 87.9 cm³/mol. The molecule has 1 N–H and O–H groups in total. The van der Waals surface area contributed by atoms with Crippen molar-refractivity contribution in [3.05, 3.63) is 36.2 Å². The molecule has 1 aromatic carbocycles. The molecular formula is C14H12N4O2S2. The molecule has 112 valence electrons. The van der Waals surface area contributed by atoms with E-state index in [1.807, 2.05) is 24.5 Å². The molecule has 0 saturated heterocycles. The number of nitrogens with zero attached hydrogens (tertiary/aromatic N) is 3. The first-order chi connectivity index (χ1) is 10.7. The van der Waals surface area contributed by atoms with Crippen molar-refractivity contribution in [3.63, 3.8) is 0 Å². The zero-order valence-corrected chi connectivity index (χ0v) is 13.5. The number of thioether (sulfide) groups is 1. The largest absolute Gasteiger partial charge is 0.497 e. The zero-order valence-electron chi connectivity index (χ0n) is 11.9. The van der Waals surface area contributed by atoms with Gasteiger partial charge < -0.3 is 4.74 Å². The van der Waals surface area contributed by atoms with Crippen LogP contribution in [-0.2, 0) is 0 Å². The lowest BCUT2D eigenvalue weighted by atomic mass is 10.3. The van der Waals surface area contributed by atoms with E-state index in [0.29, 0.717) is 15.9 Å². The average Bonchev–Trinajstić information content (AvgIpc) is 2.95. The Labute approximate surface area is 135 Å². The van der Waals surface area contributed by atoms with Crippen LogP contribution < -0.4 is 10.1 Å². The molecule has 0 spiro atoms. The normalized spacial score (nSPS) is 10.6. The van der Waals surface area contributed by atoms with Gasteiger partial charge in [-0.3, -0.25) is 10.1 Å². The van der Waals surface area contributed by atoms with Gasteiger partial charge in [-0.05, 0) is 24.5 Å². The lowest BCUT2D eigenvalue weighted by molar-refractivity contribution is 0.102. The van der Waals surface area contributed by atoms with E-state index >= 15 is 0 Å². The van der Waals surface area contributed by atoms with Gasteiger partial charge in [-0.15, -0.1) is 0 Å². The molecule has 0 aliphatic rings. The van der Waals surface area contributed by atoms with Crippen LogP contribution in [-0.4, -0.2) is 34.2 Å². The monoisotopic (exact) mass is 332 g/mol. The highest BCUT2D eigenvalue weighted by Crippen LogP contribution is 2.29. The van der Waals surface area contributed by atoms with Gasteiger partial charge in [-0.1, -0.05) is 23.1 Å². The molecule has 0 radical (unpaired) electrons. The van der Waals surface area contributed by atoms with Crippen LogP contribution in [0.2, 0.25) is 0 Å². The number of aromatic nitrogens is 3. The second kappa shape index (κ2) is 6.29. The third-order valence-electron chi connectivity index (χ3n) is 2.89. The zero-order chi connectivity index (χ0) is 15.5. The van der Waals surface area contributed by atoms with Crippen LogP contribution >= 0.6 is 23.1 Å². The van der Waals surface area contributed by atoms with Gasteiger partial charge in [0.15, 0.2) is 10.3 Å². The number of methoxy groups -OCH3 is 1. The maximum absolute atomic E-state index is 12.2. The van der Waals surface area contributed by atoms with Gasteiger partial charge in [-0.25, -0.2) is 15.0 Å². The first-order valence-electron chi connectivity index (χ1n) is 6.31. The van der Waals surface area contributed by atoms with Gasteiger partial charge in [0.25, 0.3) is 5.91 Å². The van der Waals surface area contributed by atoms with Crippen LogP contribution in [0.3, 0.4) is 0 Å². The van der Waals surface area contributed by atoms with Gasteiger partial charge in [0.05, 0.1) is 22.9 Å². The fourth-order valence-electron chi connectivity index (χ4n) is 1.79. The van der Waals surface area contributed by atoms with E-state index in [2.05, 4.69) is 20.3 Å². The van der Waals surface area contributed by atoms with Crippen LogP contribution in [0, 0.1) is 0 Å². The molecule has 2 heterocycles. The number of carbonyl (C=O) groups excluding carboxylic acids is 1. The Morgan fingerprint density at radius 3 is 2.77 bits per heavy atom. The van der Waals surface area contributed by atoms with Crippen molar-refractivity contribution >= 4 is 44.4 Å². The molecule has 3 aromatic rings. The van der Waals surface area contributed by atoms with Crippen molar-refractivity contribution in [2.45, 2.75) is 5.16 Å². The fraction of sp³-hybridized carbons (Fsp3) is 0.143. The summed E-state index contributed by atoms with van der Waals surface area (Å²) in [5.41, 5.74) is 1.21. The molecule has 1 amide bonds. The average molecular weight is 332 g/mol. The van der Waals surface area contributed by atoms with E-state index in [-0.39, 0.29) is 5.91 Å². The SMILES string of the molecule is COc1ccc2nc(NC(=O)c3cnc(SC)nc3)sc2c1. The summed E-state index contributed by atoms with van der Waals surface area (Å²) in [5, 5.41) is 3.92. The molecule has 0 fully saturated rings. The van der Waals surface area contributed by atoms with Crippen molar-refractivity contribution in [2.24, 2.45) is 0 Å². The standard InChI is InChI=1S/C14H12N4O2S2/c1-20-9-3-4-10-11(5-9)22-14(17-10)18-12(19)8-6-15-13(21-2)16-7-8/h3-7H,1-2H3,(H,17,18,19). The molecule has 0 atom stereocenters. The molecule has 0 bridgehead atoms. The lowest BCUT2D eigenvalue weighted by Crippen LogP contribution is -2.12. The Bertz CT molecular complexity index is 817. The van der Waals surface area contributed by atoms with Gasteiger partial charge in [0.2, 0.25) is 0 Å². The quantitative estimate of drug-likeness (QED) is 0.584. The number of nitrogens with one attached hydrogen (secondary N) is 1. The summed E-state index contributed by atoms with van der Waals surface area (Å²) in [6, 6.07) is 5.58. The highest BCUT2D eigenvalue weighted by molar-refractivity contribution is 7.98. The minimum absolute atomic E-state index is 0.279. The van der Waals surface area contributed by atoms with E-state index in [9.17, 15) is 4.79 Å². The third-order valence-corrected chi connectivity index (χ3v) is 4.40. The van der Waals surface area contributed by atoms with Crippen molar-refractivity contribution < 1.29 is 9.53 Å². The predicted octanol–water partition coefficient (Wildman–Crippen LogP) is 3.07. The number of fused-ring (bicyclic) bond motifs is 1. The van der Waals surface area contributed by atoms with E-state index in [0.717, 1.165) is 16.0 Å². The van der Waals surface area contributed by atoms with Gasteiger partial charge >= 0.3 is 0 Å². The van der Waals surface area contributed by atoms with Crippen LogP contribution in [0.1, 0.15) is 10.4 Å². The smallest absolute Gasteiger partial charge is 0.260 e. The molecule has 0 saturated carbocycles. The molecule has 22 heavy (non-hydrogen) atoms. The molecule has 3 rings (SSSR count). The number of hydrogen-bond donors (Lipinski definition) is 1. The highest BCUT2D eigenvalue weighted by atomic mass is 32.2. The Morgan fingerprint density at radius 1 is 1.32 bits per heavy atom. The molecule has 8 heteroatoms. The topological polar surface area (TPSA) is 77.0 Å². The van der Waals surface area contributed by atoms with Crippen LogP contribution in [0.15, 0.2) is 35.7 Å². The van der Waals surface area contributed by atoms with E-state index in [1.165, 1.54) is 35.5 Å². The van der Waals surface area contributed by atoms with E-state index in [4.69, 9.17) is 4.74 Å². The minimum atomic E-state index is -0.279. The van der Waals surface area contributed by atoms with Crippen molar-refractivity contribution in [1.29, 1.82) is 0 Å². The number of rotatable bonds is 4. The molecular weight excluding hydrogens is 320 g/mol. The highest BCUT2D eigenvalue weighted by Gasteiger charge is 2.11. The number of anilines is 1. The molecule has 6 nitrogen and oxygen atoms in total. The van der Waals surface area contributed by atoms with Crippen molar-refractivity contribution in [3.8, 4) is 5.75 Å². The summed E-state index contributed by atoms with van der Waals surface area (Å²) in [4.78, 5) is 24.7. The summed E-state index contributed by atoms with van der Waals surface area (Å²) < 4.78 is 6.12. The number of benzene rings is 1. The first kappa shape index (κ1) is 14.7. The maximum Gasteiger partial charge on any atom is 0.260 e. The number of hydrogen-bond acceptors (Lipinski definition) is 7. The van der Waals surface area contributed by atoms with Crippen molar-refractivity contribution in [1.82, 2.24) is 15.0 Å². The Balaban J connectivity index is 1.80. The summed E-state index contributed by atoms with van der Waals surface area (Å²) in [5.74, 6) is 0.480. The van der Waals surface area contributed by atoms with Gasteiger partial charge in [0.1, 0.15) is 5.75 Å². The number of ether oxygens (including phenoxy) is 1. The van der Waals surface area contributed by atoms with Gasteiger partial charge in [0, 0.05) is 12.4 Å². The molecule has 0 unspecified atom stereocenters. The number of thiazole rings is 1. The molecule has 0 aliphatic heterocycles. The molecule has 0 aliphatic carbocycles. The van der Waals surface area contributed by atoms with E-state index in [1.54, 1.807) is 7.11 Å². The second-order valence-electron chi connectivity index (χ2n) is 4.27. The lowest BCUT2D eigenvalue weighted by Gasteiger charge is -2.01. The maximum atomic E-state index is 12.2. The summed E-state index contributed by atoms with van der Waals surface area (Å²) >= 11 is 2.81. The summed E-state index contributed by atoms with van der Waals surface area (Å²) in [6.45, 7) is 0. The van der Waals surface area contributed by atoms with Crippen LogP contribution in [0.4, 0.5) is 5.13 Å². The van der Waals surface area contributed by atoms with Crippen LogP contribution in [0.25, 0.3) is 10.2 Å². The van der Waals surface area contributed by atoms with Crippen LogP contribution in [0.5, 0.6) is 5.75 Å². The fourth-order valence-corrected chi connectivity index (χ4v) is 3.00. The number of amides is 1.